The van der Waals surface area contributed by atoms with Crippen LogP contribution in [0.3, 0.4) is 0 Å². The third-order valence-corrected chi connectivity index (χ3v) is 4.44. The summed E-state index contributed by atoms with van der Waals surface area (Å²) in [6, 6.07) is 9.25. The van der Waals surface area contributed by atoms with E-state index in [1.54, 1.807) is 37.1 Å². The van der Waals surface area contributed by atoms with Gasteiger partial charge in [0.15, 0.2) is 17.3 Å². The van der Waals surface area contributed by atoms with Crippen LogP contribution in [0.2, 0.25) is 0 Å². The molecule has 2 N–H and O–H groups in total. The van der Waals surface area contributed by atoms with E-state index in [0.717, 1.165) is 17.0 Å². The number of nitrogens with zero attached hydrogens (tertiary/aromatic N) is 4. The molecular formula is C22H26N6O3. The highest BCUT2D eigenvalue weighted by Crippen LogP contribution is 2.27. The molecule has 0 radical (unpaired) electrons. The number of nitrogens with one attached hydrogen (secondary N) is 2. The predicted octanol–water partition coefficient (Wildman–Crippen LogP) is 2.54. The molecule has 0 spiro atoms. The Balaban J connectivity index is 1.49. The molecule has 3 rings (SSSR count). The minimum absolute atomic E-state index is 0.192. The van der Waals surface area contributed by atoms with Gasteiger partial charge in [0.1, 0.15) is 12.1 Å². The summed E-state index contributed by atoms with van der Waals surface area (Å²) in [6.45, 7) is 4.87. The van der Waals surface area contributed by atoms with Gasteiger partial charge in [0.25, 0.3) is 0 Å². The molecule has 0 bridgehead atoms. The van der Waals surface area contributed by atoms with Gasteiger partial charge in [-0.05, 0) is 43.7 Å². The largest absolute Gasteiger partial charge is 0.493 e. The highest BCUT2D eigenvalue weighted by Gasteiger charge is 2.07. The molecule has 0 aliphatic heterocycles. The van der Waals surface area contributed by atoms with Crippen LogP contribution in [0.5, 0.6) is 11.5 Å². The first-order valence-corrected chi connectivity index (χ1v) is 9.77. The number of amides is 1. The van der Waals surface area contributed by atoms with E-state index in [1.807, 2.05) is 32.0 Å². The molecule has 1 amide bonds. The van der Waals surface area contributed by atoms with Crippen LogP contribution in [0.4, 0.5) is 5.82 Å². The van der Waals surface area contributed by atoms with Gasteiger partial charge in [0.05, 0.1) is 19.9 Å². The normalized spacial score (nSPS) is 10.8. The van der Waals surface area contributed by atoms with E-state index in [4.69, 9.17) is 9.47 Å². The maximum Gasteiger partial charge on any atom is 0.244 e. The summed E-state index contributed by atoms with van der Waals surface area (Å²) in [5.74, 6) is 2.40. The molecule has 1 aromatic carbocycles. The standard InChI is InChI=1S/C22H26N6O3/c1-15-11-16(2)28(27-15)21-13-20(25-14-26-21)23-9-10-24-22(29)8-6-17-5-7-18(30-3)19(12-17)31-4/h5-8,11-14H,9-10H2,1-4H3,(H,24,29)(H,23,25,26)/b8-6+. The number of carbonyl (C=O) groups excluding carboxylic acids is 1. The lowest BCUT2D eigenvalue weighted by Crippen LogP contribution is -2.27. The van der Waals surface area contributed by atoms with Crippen LogP contribution in [-0.4, -0.2) is 53.0 Å². The zero-order valence-corrected chi connectivity index (χ0v) is 18.0. The first kappa shape index (κ1) is 21.8. The van der Waals surface area contributed by atoms with Gasteiger partial charge in [-0.15, -0.1) is 0 Å². The van der Waals surface area contributed by atoms with Crippen LogP contribution in [-0.2, 0) is 4.79 Å². The summed E-state index contributed by atoms with van der Waals surface area (Å²) < 4.78 is 12.2. The molecule has 0 saturated heterocycles. The zero-order valence-electron chi connectivity index (χ0n) is 18.0. The smallest absolute Gasteiger partial charge is 0.244 e. The maximum atomic E-state index is 12.1. The second-order valence-electron chi connectivity index (χ2n) is 6.77. The molecule has 2 heterocycles. The number of aromatic nitrogens is 4. The Bertz CT molecular complexity index is 1080. The van der Waals surface area contributed by atoms with Crippen molar-refractivity contribution in [3.8, 4) is 17.3 Å². The molecule has 31 heavy (non-hydrogen) atoms. The van der Waals surface area contributed by atoms with Gasteiger partial charge in [-0.25, -0.2) is 14.6 Å². The lowest BCUT2D eigenvalue weighted by molar-refractivity contribution is -0.116. The SMILES string of the molecule is COc1ccc(/C=C/C(=O)NCCNc2cc(-n3nc(C)cc3C)ncn2)cc1OC. The number of methoxy groups -OCH3 is 2. The van der Waals surface area contributed by atoms with E-state index < -0.39 is 0 Å². The number of anilines is 1. The molecule has 9 nitrogen and oxygen atoms in total. The van der Waals surface area contributed by atoms with Gasteiger partial charge in [-0.2, -0.15) is 5.10 Å². The minimum Gasteiger partial charge on any atom is -0.493 e. The van der Waals surface area contributed by atoms with Crippen molar-refractivity contribution >= 4 is 17.8 Å². The molecule has 162 valence electrons. The lowest BCUT2D eigenvalue weighted by atomic mass is 10.2. The molecule has 3 aromatic rings. The van der Waals surface area contributed by atoms with E-state index in [1.165, 1.54) is 12.4 Å². The van der Waals surface area contributed by atoms with E-state index in [0.29, 0.717) is 36.2 Å². The minimum atomic E-state index is -0.192. The van der Waals surface area contributed by atoms with Crippen LogP contribution in [0.15, 0.2) is 42.7 Å². The van der Waals surface area contributed by atoms with Crippen molar-refractivity contribution in [1.82, 2.24) is 25.1 Å². The van der Waals surface area contributed by atoms with Crippen LogP contribution in [0, 0.1) is 13.8 Å². The lowest BCUT2D eigenvalue weighted by Gasteiger charge is -2.08. The summed E-state index contributed by atoms with van der Waals surface area (Å²) in [5.41, 5.74) is 2.76. The fraction of sp³-hybridized carbons (Fsp3) is 0.273. The van der Waals surface area contributed by atoms with Gasteiger partial charge in [-0.1, -0.05) is 6.07 Å². The van der Waals surface area contributed by atoms with Gasteiger partial charge in [0, 0.05) is 30.9 Å². The third-order valence-electron chi connectivity index (χ3n) is 4.44. The first-order valence-electron chi connectivity index (χ1n) is 9.77. The fourth-order valence-corrected chi connectivity index (χ4v) is 2.98. The molecule has 0 saturated carbocycles. The van der Waals surface area contributed by atoms with Gasteiger partial charge < -0.3 is 20.1 Å². The molecule has 0 aliphatic rings. The Hall–Kier alpha value is -3.88. The molecule has 0 aliphatic carbocycles. The van der Waals surface area contributed by atoms with Gasteiger partial charge in [-0.3, -0.25) is 4.79 Å². The number of benzene rings is 1. The molecule has 0 unspecified atom stereocenters. The fourth-order valence-electron chi connectivity index (χ4n) is 2.98. The van der Waals surface area contributed by atoms with Crippen molar-refractivity contribution in [2.75, 3.05) is 32.6 Å². The summed E-state index contributed by atoms with van der Waals surface area (Å²) in [5, 5.41) is 10.4. The maximum absolute atomic E-state index is 12.1. The van der Waals surface area contributed by atoms with Crippen molar-refractivity contribution in [2.45, 2.75) is 13.8 Å². The first-order chi connectivity index (χ1) is 15.0. The number of carbonyl (C=O) groups is 1. The van der Waals surface area contributed by atoms with E-state index in [-0.39, 0.29) is 5.91 Å². The Morgan fingerprint density at radius 2 is 1.87 bits per heavy atom. The van der Waals surface area contributed by atoms with Crippen LogP contribution in [0.25, 0.3) is 11.9 Å². The van der Waals surface area contributed by atoms with Crippen molar-refractivity contribution in [3.05, 3.63) is 59.7 Å². The van der Waals surface area contributed by atoms with Crippen molar-refractivity contribution in [1.29, 1.82) is 0 Å². The Kier molecular flexibility index (Phi) is 7.21. The zero-order chi connectivity index (χ0) is 22.2. The number of aryl methyl sites for hydroxylation is 2. The third kappa shape index (κ3) is 5.81. The number of hydrogen-bond acceptors (Lipinski definition) is 7. The summed E-state index contributed by atoms with van der Waals surface area (Å²) in [7, 11) is 3.15. The van der Waals surface area contributed by atoms with Gasteiger partial charge >= 0.3 is 0 Å². The Morgan fingerprint density at radius 3 is 2.58 bits per heavy atom. The van der Waals surface area contributed by atoms with Crippen molar-refractivity contribution in [2.24, 2.45) is 0 Å². The molecule has 2 aromatic heterocycles. The monoisotopic (exact) mass is 422 g/mol. The van der Waals surface area contributed by atoms with Gasteiger partial charge in [0.2, 0.25) is 5.91 Å². The molecular weight excluding hydrogens is 396 g/mol. The van der Waals surface area contributed by atoms with Crippen LogP contribution >= 0.6 is 0 Å². The quantitative estimate of drug-likeness (QED) is 0.403. The molecule has 0 atom stereocenters. The second kappa shape index (κ2) is 10.2. The second-order valence-corrected chi connectivity index (χ2v) is 6.77. The summed E-state index contributed by atoms with van der Waals surface area (Å²) in [4.78, 5) is 20.5. The van der Waals surface area contributed by atoms with Crippen LogP contribution < -0.4 is 20.1 Å². The number of ether oxygens (including phenoxy) is 2. The molecule has 9 heteroatoms. The average Bonchev–Trinajstić information content (AvgIpc) is 3.13. The molecule has 0 fully saturated rings. The van der Waals surface area contributed by atoms with E-state index >= 15 is 0 Å². The summed E-state index contributed by atoms with van der Waals surface area (Å²) in [6.07, 6.45) is 4.68. The highest BCUT2D eigenvalue weighted by atomic mass is 16.5. The van der Waals surface area contributed by atoms with Crippen molar-refractivity contribution < 1.29 is 14.3 Å². The predicted molar refractivity (Wildman–Crippen MR) is 119 cm³/mol. The van der Waals surface area contributed by atoms with Crippen LogP contribution in [0.1, 0.15) is 17.0 Å². The topological polar surface area (TPSA) is 103 Å². The van der Waals surface area contributed by atoms with E-state index in [2.05, 4.69) is 25.7 Å². The number of hydrogen-bond donors (Lipinski definition) is 2. The van der Waals surface area contributed by atoms with Crippen molar-refractivity contribution in [3.63, 3.8) is 0 Å². The summed E-state index contributed by atoms with van der Waals surface area (Å²) >= 11 is 0. The Labute approximate surface area is 181 Å². The highest BCUT2D eigenvalue weighted by molar-refractivity contribution is 5.91. The average molecular weight is 422 g/mol. The Morgan fingerprint density at radius 1 is 1.06 bits per heavy atom. The van der Waals surface area contributed by atoms with E-state index in [9.17, 15) is 4.79 Å². The number of rotatable bonds is 9.